The second-order valence-corrected chi connectivity index (χ2v) is 6.88. The van der Waals surface area contributed by atoms with Gasteiger partial charge in [0.1, 0.15) is 0 Å². The maximum Gasteiger partial charge on any atom is 0.0772 e. The molecule has 0 unspecified atom stereocenters. The normalized spacial score (nSPS) is 17.2. The van der Waals surface area contributed by atoms with Crippen LogP contribution in [-0.2, 0) is 6.54 Å². The lowest BCUT2D eigenvalue weighted by Gasteiger charge is -2.31. The van der Waals surface area contributed by atoms with Gasteiger partial charge in [-0.05, 0) is 58.1 Å². The van der Waals surface area contributed by atoms with Crippen molar-refractivity contribution >= 4 is 11.3 Å². The lowest BCUT2D eigenvalue weighted by Crippen LogP contribution is -2.35. The van der Waals surface area contributed by atoms with Crippen molar-refractivity contribution in [2.75, 3.05) is 40.3 Å². The molecule has 4 heteroatoms. The van der Waals surface area contributed by atoms with Crippen LogP contribution in [0.1, 0.15) is 22.6 Å². The lowest BCUT2D eigenvalue weighted by atomic mass is 9.97. The van der Waals surface area contributed by atoms with Crippen LogP contribution in [0.25, 0.3) is 0 Å². The van der Waals surface area contributed by atoms with Gasteiger partial charge in [0.05, 0.1) is 11.4 Å². The van der Waals surface area contributed by atoms with Gasteiger partial charge in [0, 0.05) is 18.0 Å². The zero-order chi connectivity index (χ0) is 14.4. The standard InChI is InChI=1S/C16H25N3S/c1-18-10-7-14(8-11-18)12-19(2)13-16-6-5-15(20-16)4-3-9-17/h5-6,14H,7-13,17H2,1-2H3. The molecule has 110 valence electrons. The number of thiophene rings is 1. The van der Waals surface area contributed by atoms with E-state index in [4.69, 9.17) is 5.73 Å². The Hall–Kier alpha value is -0.860. The van der Waals surface area contributed by atoms with Crippen LogP contribution in [0, 0.1) is 17.8 Å². The van der Waals surface area contributed by atoms with Crippen LogP contribution in [0.15, 0.2) is 12.1 Å². The number of nitrogens with two attached hydrogens (primary N) is 1. The van der Waals surface area contributed by atoms with Crippen molar-refractivity contribution in [3.05, 3.63) is 21.9 Å². The monoisotopic (exact) mass is 291 g/mol. The van der Waals surface area contributed by atoms with Crippen molar-refractivity contribution in [1.82, 2.24) is 9.80 Å². The molecule has 0 aliphatic carbocycles. The van der Waals surface area contributed by atoms with E-state index in [1.165, 1.54) is 37.4 Å². The Bertz CT molecular complexity index is 464. The summed E-state index contributed by atoms with van der Waals surface area (Å²) < 4.78 is 0. The first-order valence-electron chi connectivity index (χ1n) is 7.32. The van der Waals surface area contributed by atoms with E-state index in [1.807, 2.05) is 0 Å². The van der Waals surface area contributed by atoms with Crippen LogP contribution in [0.4, 0.5) is 0 Å². The summed E-state index contributed by atoms with van der Waals surface area (Å²) in [6.07, 6.45) is 2.66. The number of nitrogens with zero attached hydrogens (tertiary/aromatic N) is 2. The zero-order valence-electron chi connectivity index (χ0n) is 12.6. The molecule has 0 spiro atoms. The Balaban J connectivity index is 1.79. The van der Waals surface area contributed by atoms with Crippen LogP contribution < -0.4 is 5.73 Å². The fourth-order valence-electron chi connectivity index (χ4n) is 2.68. The molecule has 1 fully saturated rings. The molecule has 0 bridgehead atoms. The predicted molar refractivity (Wildman–Crippen MR) is 86.8 cm³/mol. The maximum absolute atomic E-state index is 5.40. The summed E-state index contributed by atoms with van der Waals surface area (Å²) in [7, 11) is 4.44. The molecule has 0 saturated carbocycles. The summed E-state index contributed by atoms with van der Waals surface area (Å²) >= 11 is 1.78. The summed E-state index contributed by atoms with van der Waals surface area (Å²) in [6, 6.07) is 4.29. The van der Waals surface area contributed by atoms with Gasteiger partial charge < -0.3 is 15.5 Å². The minimum Gasteiger partial charge on any atom is -0.320 e. The van der Waals surface area contributed by atoms with Crippen molar-refractivity contribution < 1.29 is 0 Å². The van der Waals surface area contributed by atoms with Gasteiger partial charge in [-0.1, -0.05) is 11.8 Å². The van der Waals surface area contributed by atoms with Crippen molar-refractivity contribution in [2.24, 2.45) is 11.7 Å². The fourth-order valence-corrected chi connectivity index (χ4v) is 3.65. The fraction of sp³-hybridized carbons (Fsp3) is 0.625. The van der Waals surface area contributed by atoms with E-state index in [0.29, 0.717) is 6.54 Å². The van der Waals surface area contributed by atoms with Gasteiger partial charge in [0.15, 0.2) is 0 Å². The van der Waals surface area contributed by atoms with E-state index in [9.17, 15) is 0 Å². The Morgan fingerprint density at radius 2 is 2.15 bits per heavy atom. The summed E-state index contributed by atoms with van der Waals surface area (Å²) in [5, 5.41) is 0. The molecule has 0 amide bonds. The van der Waals surface area contributed by atoms with E-state index >= 15 is 0 Å². The first kappa shape index (κ1) is 15.5. The third-order valence-corrected chi connectivity index (χ3v) is 4.79. The molecule has 0 aromatic carbocycles. The van der Waals surface area contributed by atoms with Crippen molar-refractivity contribution in [3.63, 3.8) is 0 Å². The predicted octanol–water partition coefficient (Wildman–Crippen LogP) is 1.83. The zero-order valence-corrected chi connectivity index (χ0v) is 13.4. The average Bonchev–Trinajstić information content (AvgIpc) is 2.86. The third-order valence-electron chi connectivity index (χ3n) is 3.81. The van der Waals surface area contributed by atoms with Gasteiger partial charge in [0.2, 0.25) is 0 Å². The van der Waals surface area contributed by atoms with E-state index < -0.39 is 0 Å². The van der Waals surface area contributed by atoms with Crippen LogP contribution in [0.5, 0.6) is 0 Å². The third kappa shape index (κ3) is 4.92. The molecule has 2 N–H and O–H groups in total. The number of likely N-dealkylation sites (tertiary alicyclic amines) is 1. The highest BCUT2D eigenvalue weighted by Gasteiger charge is 2.18. The molecule has 0 radical (unpaired) electrons. The number of piperidine rings is 1. The molecule has 1 aromatic heterocycles. The van der Waals surface area contributed by atoms with Crippen molar-refractivity contribution in [1.29, 1.82) is 0 Å². The number of rotatable bonds is 4. The maximum atomic E-state index is 5.40. The smallest absolute Gasteiger partial charge is 0.0772 e. The molecule has 1 aromatic rings. The van der Waals surface area contributed by atoms with Crippen LogP contribution in [0.2, 0.25) is 0 Å². The van der Waals surface area contributed by atoms with Gasteiger partial charge in [0.25, 0.3) is 0 Å². The Kier molecular flexibility index (Phi) is 6.06. The highest BCUT2D eigenvalue weighted by atomic mass is 32.1. The van der Waals surface area contributed by atoms with Crippen molar-refractivity contribution in [3.8, 4) is 11.8 Å². The molecule has 1 aliphatic heterocycles. The van der Waals surface area contributed by atoms with Gasteiger partial charge >= 0.3 is 0 Å². The summed E-state index contributed by atoms with van der Waals surface area (Å²) in [6.45, 7) is 5.16. The minimum absolute atomic E-state index is 0.434. The Morgan fingerprint density at radius 1 is 1.40 bits per heavy atom. The molecule has 2 rings (SSSR count). The van der Waals surface area contributed by atoms with Crippen molar-refractivity contribution in [2.45, 2.75) is 19.4 Å². The Labute approximate surface area is 126 Å². The topological polar surface area (TPSA) is 32.5 Å². The van der Waals surface area contributed by atoms with Gasteiger partial charge in [-0.25, -0.2) is 0 Å². The van der Waals surface area contributed by atoms with Crippen LogP contribution in [0.3, 0.4) is 0 Å². The van der Waals surface area contributed by atoms with Crippen LogP contribution in [-0.4, -0.2) is 50.1 Å². The summed E-state index contributed by atoms with van der Waals surface area (Å²) in [5.41, 5.74) is 5.40. The molecule has 0 atom stereocenters. The molecular formula is C16H25N3S. The van der Waals surface area contributed by atoms with E-state index in [1.54, 1.807) is 11.3 Å². The van der Waals surface area contributed by atoms with Gasteiger partial charge in [-0.15, -0.1) is 11.3 Å². The Morgan fingerprint density at radius 3 is 2.85 bits per heavy atom. The SMILES string of the molecule is CN1CCC(CN(C)Cc2ccc(C#CCN)s2)CC1. The minimum atomic E-state index is 0.434. The molecule has 1 saturated heterocycles. The highest BCUT2D eigenvalue weighted by Crippen LogP contribution is 2.20. The average molecular weight is 291 g/mol. The first-order chi connectivity index (χ1) is 9.67. The van der Waals surface area contributed by atoms with Gasteiger partial charge in [-0.3, -0.25) is 0 Å². The molecular weight excluding hydrogens is 266 g/mol. The largest absolute Gasteiger partial charge is 0.320 e. The first-order valence-corrected chi connectivity index (χ1v) is 8.13. The molecule has 3 nitrogen and oxygen atoms in total. The summed E-state index contributed by atoms with van der Waals surface area (Å²) in [5.74, 6) is 6.87. The molecule has 20 heavy (non-hydrogen) atoms. The van der Waals surface area contributed by atoms with Gasteiger partial charge in [-0.2, -0.15) is 0 Å². The van der Waals surface area contributed by atoms with Crippen LogP contribution >= 0.6 is 11.3 Å². The molecule has 2 heterocycles. The molecule has 1 aliphatic rings. The number of hydrogen-bond acceptors (Lipinski definition) is 4. The number of hydrogen-bond donors (Lipinski definition) is 1. The van der Waals surface area contributed by atoms with E-state index in [0.717, 1.165) is 17.3 Å². The highest BCUT2D eigenvalue weighted by molar-refractivity contribution is 7.12. The second kappa shape index (κ2) is 7.80. The second-order valence-electron chi connectivity index (χ2n) is 5.72. The quantitative estimate of drug-likeness (QED) is 0.859. The summed E-state index contributed by atoms with van der Waals surface area (Å²) in [4.78, 5) is 7.39. The van der Waals surface area contributed by atoms with E-state index in [-0.39, 0.29) is 0 Å². The van der Waals surface area contributed by atoms with E-state index in [2.05, 4.69) is 47.9 Å². The lowest BCUT2D eigenvalue weighted by molar-refractivity contribution is 0.174.